The Balaban J connectivity index is 1.25. The van der Waals surface area contributed by atoms with Gasteiger partial charge in [-0.2, -0.15) is 10.1 Å². The average Bonchev–Trinajstić information content (AvgIpc) is 3.35. The standard InChI is InChI=1S/C17H17N9O/c27-17(23-22-16-21-15-3-1-2-8-26(15)24-16)19-9-13-4-6-14(7-5-13)10-25-12-18-11-20-25/h1-8,11-12H,9-10H2,(H,22,24)(H2,19,23,27). The normalized spacial score (nSPS) is 10.7. The fourth-order valence-electron chi connectivity index (χ4n) is 2.49. The number of hydrogen-bond acceptors (Lipinski definition) is 6. The summed E-state index contributed by atoms with van der Waals surface area (Å²) < 4.78 is 3.36. The minimum Gasteiger partial charge on any atom is -0.333 e. The van der Waals surface area contributed by atoms with E-state index in [2.05, 4.69) is 36.3 Å². The third kappa shape index (κ3) is 4.18. The molecule has 10 heteroatoms. The highest BCUT2D eigenvalue weighted by Gasteiger charge is 2.05. The summed E-state index contributed by atoms with van der Waals surface area (Å²) in [5.74, 6) is 0.314. The van der Waals surface area contributed by atoms with Crippen LogP contribution in [0, 0.1) is 0 Å². The molecule has 0 aliphatic rings. The molecule has 0 saturated carbocycles. The number of anilines is 1. The number of aromatic nitrogens is 6. The number of hydrazine groups is 1. The van der Waals surface area contributed by atoms with Gasteiger partial charge in [0.25, 0.3) is 5.95 Å². The molecule has 4 rings (SSSR count). The summed E-state index contributed by atoms with van der Waals surface area (Å²) in [4.78, 5) is 20.1. The van der Waals surface area contributed by atoms with Gasteiger partial charge in [-0.25, -0.2) is 24.4 Å². The third-order valence-corrected chi connectivity index (χ3v) is 3.82. The van der Waals surface area contributed by atoms with Gasteiger partial charge in [0.05, 0.1) is 6.54 Å². The summed E-state index contributed by atoms with van der Waals surface area (Å²) in [6, 6.07) is 13.1. The smallest absolute Gasteiger partial charge is 0.333 e. The van der Waals surface area contributed by atoms with Gasteiger partial charge in [0.2, 0.25) is 0 Å². The number of carbonyl (C=O) groups is 1. The number of hydrogen-bond donors (Lipinski definition) is 3. The van der Waals surface area contributed by atoms with Crippen molar-refractivity contribution in [1.29, 1.82) is 0 Å². The molecule has 3 aromatic heterocycles. The van der Waals surface area contributed by atoms with E-state index in [0.29, 0.717) is 24.7 Å². The first-order valence-electron chi connectivity index (χ1n) is 8.28. The fourth-order valence-corrected chi connectivity index (χ4v) is 2.49. The topological polar surface area (TPSA) is 114 Å². The molecule has 0 radical (unpaired) electrons. The quantitative estimate of drug-likeness (QED) is 0.444. The molecule has 27 heavy (non-hydrogen) atoms. The summed E-state index contributed by atoms with van der Waals surface area (Å²) in [6.45, 7) is 1.06. The maximum atomic E-state index is 11.9. The molecule has 0 aliphatic carbocycles. The highest BCUT2D eigenvalue weighted by Crippen LogP contribution is 2.06. The molecule has 1 aromatic carbocycles. The van der Waals surface area contributed by atoms with Crippen LogP contribution in [0.3, 0.4) is 0 Å². The number of urea groups is 1. The van der Waals surface area contributed by atoms with Crippen LogP contribution < -0.4 is 16.2 Å². The minimum atomic E-state index is -0.374. The minimum absolute atomic E-state index is 0.314. The van der Waals surface area contributed by atoms with Crippen molar-refractivity contribution >= 4 is 17.6 Å². The van der Waals surface area contributed by atoms with Crippen LogP contribution in [0.15, 0.2) is 61.3 Å². The second kappa shape index (κ2) is 7.52. The van der Waals surface area contributed by atoms with Crippen molar-refractivity contribution in [3.63, 3.8) is 0 Å². The molecule has 0 unspecified atom stereocenters. The number of nitrogens with zero attached hydrogens (tertiary/aromatic N) is 6. The molecule has 2 amide bonds. The van der Waals surface area contributed by atoms with Crippen molar-refractivity contribution in [2.45, 2.75) is 13.1 Å². The van der Waals surface area contributed by atoms with Gasteiger partial charge in [-0.15, -0.1) is 5.10 Å². The third-order valence-electron chi connectivity index (χ3n) is 3.82. The molecule has 10 nitrogen and oxygen atoms in total. The molecule has 3 N–H and O–H groups in total. The SMILES string of the molecule is O=C(NCc1ccc(Cn2cncn2)cc1)NNc1nc2ccccn2n1. The highest BCUT2D eigenvalue weighted by atomic mass is 16.2. The lowest BCUT2D eigenvalue weighted by molar-refractivity contribution is 0.242. The average molecular weight is 363 g/mol. The number of carbonyl (C=O) groups excluding carboxylic acids is 1. The maximum Gasteiger partial charge on any atom is 0.333 e. The summed E-state index contributed by atoms with van der Waals surface area (Å²) in [7, 11) is 0. The number of benzene rings is 1. The van der Waals surface area contributed by atoms with E-state index in [9.17, 15) is 4.79 Å². The first-order valence-corrected chi connectivity index (χ1v) is 8.28. The van der Waals surface area contributed by atoms with Crippen molar-refractivity contribution in [3.8, 4) is 0 Å². The lowest BCUT2D eigenvalue weighted by Crippen LogP contribution is -2.38. The maximum absolute atomic E-state index is 11.9. The molecule has 0 spiro atoms. The zero-order chi connectivity index (χ0) is 18.5. The molecule has 3 heterocycles. The Morgan fingerprint density at radius 2 is 1.93 bits per heavy atom. The first-order chi connectivity index (χ1) is 13.3. The number of rotatable bonds is 6. The second-order valence-corrected chi connectivity index (χ2v) is 5.78. The molecular weight excluding hydrogens is 346 g/mol. The zero-order valence-electron chi connectivity index (χ0n) is 14.3. The van der Waals surface area contributed by atoms with E-state index in [-0.39, 0.29) is 6.03 Å². The molecule has 0 atom stereocenters. The molecule has 0 bridgehead atoms. The molecule has 4 aromatic rings. The summed E-state index contributed by atoms with van der Waals surface area (Å²) >= 11 is 0. The van der Waals surface area contributed by atoms with E-state index in [1.54, 1.807) is 21.7 Å². The van der Waals surface area contributed by atoms with Crippen LogP contribution in [0.25, 0.3) is 5.65 Å². The van der Waals surface area contributed by atoms with Crippen molar-refractivity contribution in [3.05, 3.63) is 72.4 Å². The van der Waals surface area contributed by atoms with E-state index in [1.807, 2.05) is 42.5 Å². The number of fused-ring (bicyclic) bond motifs is 1. The van der Waals surface area contributed by atoms with Crippen LogP contribution in [-0.2, 0) is 13.1 Å². The van der Waals surface area contributed by atoms with Crippen molar-refractivity contribution in [2.24, 2.45) is 0 Å². The first kappa shape index (κ1) is 16.5. The summed E-state index contributed by atoms with van der Waals surface area (Å²) in [5, 5.41) is 11.0. The van der Waals surface area contributed by atoms with E-state index < -0.39 is 0 Å². The van der Waals surface area contributed by atoms with Gasteiger partial charge in [-0.05, 0) is 23.3 Å². The van der Waals surface area contributed by atoms with Gasteiger partial charge in [-0.1, -0.05) is 30.3 Å². The van der Waals surface area contributed by atoms with Crippen LogP contribution in [-0.4, -0.2) is 35.4 Å². The van der Waals surface area contributed by atoms with Gasteiger partial charge in [-0.3, -0.25) is 5.43 Å². The Morgan fingerprint density at radius 1 is 1.07 bits per heavy atom. The Hall–Kier alpha value is -3.95. The Labute approximate surface area is 154 Å². The number of nitrogens with one attached hydrogen (secondary N) is 3. The van der Waals surface area contributed by atoms with Gasteiger partial charge in [0, 0.05) is 12.7 Å². The van der Waals surface area contributed by atoms with Crippen LogP contribution in [0.2, 0.25) is 0 Å². The molecular formula is C17H17N9O. The molecule has 0 saturated heterocycles. The zero-order valence-corrected chi connectivity index (χ0v) is 14.3. The lowest BCUT2D eigenvalue weighted by atomic mass is 10.1. The van der Waals surface area contributed by atoms with E-state index >= 15 is 0 Å². The van der Waals surface area contributed by atoms with Gasteiger partial charge < -0.3 is 5.32 Å². The Morgan fingerprint density at radius 3 is 2.70 bits per heavy atom. The second-order valence-electron chi connectivity index (χ2n) is 5.78. The van der Waals surface area contributed by atoms with Crippen LogP contribution in [0.1, 0.15) is 11.1 Å². The Kier molecular flexibility index (Phi) is 4.60. The van der Waals surface area contributed by atoms with Crippen LogP contribution in [0.5, 0.6) is 0 Å². The monoisotopic (exact) mass is 363 g/mol. The highest BCUT2D eigenvalue weighted by molar-refractivity contribution is 5.75. The van der Waals surface area contributed by atoms with Gasteiger partial charge in [0.15, 0.2) is 5.65 Å². The fraction of sp³-hybridized carbons (Fsp3) is 0.118. The predicted molar refractivity (Wildman–Crippen MR) is 97.5 cm³/mol. The van der Waals surface area contributed by atoms with Crippen LogP contribution in [0.4, 0.5) is 10.7 Å². The lowest BCUT2D eigenvalue weighted by Gasteiger charge is -2.08. The molecule has 0 aliphatic heterocycles. The number of amides is 2. The molecule has 0 fully saturated rings. The van der Waals surface area contributed by atoms with Gasteiger partial charge >= 0.3 is 6.03 Å². The van der Waals surface area contributed by atoms with E-state index in [1.165, 1.54) is 6.33 Å². The largest absolute Gasteiger partial charge is 0.333 e. The van der Waals surface area contributed by atoms with Crippen molar-refractivity contribution in [2.75, 3.05) is 5.43 Å². The van der Waals surface area contributed by atoms with E-state index in [4.69, 9.17) is 0 Å². The molecule has 136 valence electrons. The van der Waals surface area contributed by atoms with Crippen LogP contribution >= 0.6 is 0 Å². The predicted octanol–water partition coefficient (Wildman–Crippen LogP) is 1.20. The van der Waals surface area contributed by atoms with Crippen molar-refractivity contribution < 1.29 is 4.79 Å². The van der Waals surface area contributed by atoms with Gasteiger partial charge in [0.1, 0.15) is 12.7 Å². The summed E-state index contributed by atoms with van der Waals surface area (Å²) in [5.41, 5.74) is 7.98. The Bertz CT molecular complexity index is 991. The van der Waals surface area contributed by atoms with E-state index in [0.717, 1.165) is 11.1 Å². The van der Waals surface area contributed by atoms with Crippen molar-refractivity contribution in [1.82, 2.24) is 40.1 Å². The summed E-state index contributed by atoms with van der Waals surface area (Å²) in [6.07, 6.45) is 4.96. The number of pyridine rings is 1.